The number of benzene rings is 3. The number of nitrogens with one attached hydrogen (secondary N) is 1. The number of ether oxygens (including phenoxy) is 1. The molecule has 1 aromatic heterocycles. The number of rotatable bonds is 3. The maximum atomic E-state index is 13.4. The van der Waals surface area contributed by atoms with Crippen LogP contribution >= 0.6 is 11.6 Å². The average molecular weight is 464 g/mol. The van der Waals surface area contributed by atoms with Gasteiger partial charge in [-0.05, 0) is 55.8 Å². The van der Waals surface area contributed by atoms with Crippen molar-refractivity contribution in [2.45, 2.75) is 25.9 Å². The highest BCUT2D eigenvalue weighted by atomic mass is 35.5. The van der Waals surface area contributed by atoms with Crippen molar-refractivity contribution in [3.63, 3.8) is 0 Å². The van der Waals surface area contributed by atoms with Crippen LogP contribution in [0.3, 0.4) is 0 Å². The number of halogens is 2. The molecule has 0 spiro atoms. The van der Waals surface area contributed by atoms with Crippen LogP contribution in [0.15, 0.2) is 65.1 Å². The standard InChI is InChI=1S/C26H19ClFNO4/c1-14-22-20(32-24(14)25(31)29-18-6-4-3-5-17(18)27)11-12-21-23(22)19(30)13-26(2,33-21)15-7-9-16(28)10-8-15/h3-12H,13H2,1-2H3,(H,29,31)/t26-/m0/s1. The number of amides is 1. The molecule has 7 heteroatoms. The molecule has 5 rings (SSSR count). The van der Waals surface area contributed by atoms with Crippen LogP contribution in [-0.4, -0.2) is 11.7 Å². The van der Waals surface area contributed by atoms with E-state index in [4.69, 9.17) is 20.8 Å². The van der Waals surface area contributed by atoms with E-state index in [0.29, 0.717) is 44.1 Å². The molecule has 0 radical (unpaired) electrons. The number of aryl methyl sites for hydroxylation is 1. The number of carbonyl (C=O) groups excluding carboxylic acids is 2. The molecule has 166 valence electrons. The molecule has 0 bridgehead atoms. The van der Waals surface area contributed by atoms with Crippen molar-refractivity contribution in [3.05, 3.63) is 94.0 Å². The van der Waals surface area contributed by atoms with E-state index in [9.17, 15) is 14.0 Å². The van der Waals surface area contributed by atoms with Gasteiger partial charge in [-0.3, -0.25) is 9.59 Å². The topological polar surface area (TPSA) is 68.5 Å². The molecule has 2 heterocycles. The number of furan rings is 1. The zero-order valence-electron chi connectivity index (χ0n) is 17.9. The minimum absolute atomic E-state index is 0.0660. The smallest absolute Gasteiger partial charge is 0.291 e. The number of ketones is 1. The van der Waals surface area contributed by atoms with Gasteiger partial charge >= 0.3 is 0 Å². The summed E-state index contributed by atoms with van der Waals surface area (Å²) in [7, 11) is 0. The number of fused-ring (bicyclic) bond motifs is 3. The summed E-state index contributed by atoms with van der Waals surface area (Å²) >= 11 is 6.15. The molecule has 33 heavy (non-hydrogen) atoms. The fourth-order valence-corrected chi connectivity index (χ4v) is 4.46. The second-order valence-corrected chi connectivity index (χ2v) is 8.65. The summed E-state index contributed by atoms with van der Waals surface area (Å²) in [6.45, 7) is 3.53. The molecule has 0 unspecified atom stereocenters. The van der Waals surface area contributed by atoms with Crippen LogP contribution in [0.25, 0.3) is 11.0 Å². The number of para-hydroxylation sites is 1. The Morgan fingerprint density at radius 2 is 1.82 bits per heavy atom. The molecule has 1 N–H and O–H groups in total. The van der Waals surface area contributed by atoms with Crippen LogP contribution in [0.1, 0.15) is 45.4 Å². The second-order valence-electron chi connectivity index (χ2n) is 8.24. The van der Waals surface area contributed by atoms with Crippen LogP contribution in [0.2, 0.25) is 5.02 Å². The SMILES string of the molecule is Cc1c(C(=O)Nc2ccccc2Cl)oc2ccc3c(c12)C(=O)C[C@@](C)(c1ccc(F)cc1)O3. The Labute approximate surface area is 194 Å². The van der Waals surface area contributed by atoms with Gasteiger partial charge in [-0.2, -0.15) is 0 Å². The zero-order chi connectivity index (χ0) is 23.3. The van der Waals surface area contributed by atoms with Crippen molar-refractivity contribution in [1.29, 1.82) is 0 Å². The van der Waals surface area contributed by atoms with Crippen molar-refractivity contribution >= 4 is 39.9 Å². The van der Waals surface area contributed by atoms with Gasteiger partial charge in [-0.1, -0.05) is 35.9 Å². The number of anilines is 1. The average Bonchev–Trinajstić information content (AvgIpc) is 3.12. The summed E-state index contributed by atoms with van der Waals surface area (Å²) in [6.07, 6.45) is 0.0660. The van der Waals surface area contributed by atoms with Crippen LogP contribution in [-0.2, 0) is 5.60 Å². The van der Waals surface area contributed by atoms with Crippen molar-refractivity contribution in [2.75, 3.05) is 5.32 Å². The van der Waals surface area contributed by atoms with E-state index in [-0.39, 0.29) is 23.8 Å². The van der Waals surface area contributed by atoms with E-state index in [1.165, 1.54) is 12.1 Å². The molecule has 5 nitrogen and oxygen atoms in total. The third kappa shape index (κ3) is 3.56. The van der Waals surface area contributed by atoms with Gasteiger partial charge in [0.25, 0.3) is 5.91 Å². The van der Waals surface area contributed by atoms with Crippen LogP contribution < -0.4 is 10.1 Å². The Hall–Kier alpha value is -3.64. The molecular formula is C26H19ClFNO4. The summed E-state index contributed by atoms with van der Waals surface area (Å²) in [5.41, 5.74) is 1.55. The zero-order valence-corrected chi connectivity index (χ0v) is 18.6. The summed E-state index contributed by atoms with van der Waals surface area (Å²) < 4.78 is 25.5. The predicted octanol–water partition coefficient (Wildman–Crippen LogP) is 6.67. The molecule has 4 aromatic rings. The molecule has 3 aromatic carbocycles. The summed E-state index contributed by atoms with van der Waals surface area (Å²) in [5, 5.41) is 3.70. The summed E-state index contributed by atoms with van der Waals surface area (Å²) in [4.78, 5) is 26.2. The van der Waals surface area contributed by atoms with Gasteiger partial charge in [0.05, 0.1) is 22.7 Å². The normalized spacial score (nSPS) is 17.5. The fourth-order valence-electron chi connectivity index (χ4n) is 4.28. The third-order valence-corrected chi connectivity index (χ3v) is 6.28. The van der Waals surface area contributed by atoms with Gasteiger partial charge in [0.15, 0.2) is 11.5 Å². The van der Waals surface area contributed by atoms with Crippen molar-refractivity contribution in [1.82, 2.24) is 0 Å². The molecule has 1 atom stereocenters. The molecule has 0 aliphatic carbocycles. The van der Waals surface area contributed by atoms with E-state index in [2.05, 4.69) is 5.32 Å². The number of carbonyl (C=O) groups is 2. The lowest BCUT2D eigenvalue weighted by Crippen LogP contribution is -2.36. The first-order chi connectivity index (χ1) is 15.8. The fraction of sp³-hybridized carbons (Fsp3) is 0.154. The van der Waals surface area contributed by atoms with Crippen LogP contribution in [0.4, 0.5) is 10.1 Å². The van der Waals surface area contributed by atoms with Gasteiger partial charge in [-0.25, -0.2) is 4.39 Å². The molecule has 1 aliphatic heterocycles. The molecule has 0 fully saturated rings. The van der Waals surface area contributed by atoms with Crippen molar-refractivity contribution < 1.29 is 23.1 Å². The first-order valence-electron chi connectivity index (χ1n) is 10.4. The number of hydrogen-bond acceptors (Lipinski definition) is 4. The highest BCUT2D eigenvalue weighted by Crippen LogP contribution is 2.44. The van der Waals surface area contributed by atoms with Crippen LogP contribution in [0, 0.1) is 12.7 Å². The lowest BCUT2D eigenvalue weighted by Gasteiger charge is -2.35. The van der Waals surface area contributed by atoms with Gasteiger partial charge in [0.1, 0.15) is 22.8 Å². The van der Waals surface area contributed by atoms with E-state index in [1.54, 1.807) is 62.4 Å². The minimum Gasteiger partial charge on any atom is -0.482 e. The number of hydrogen-bond donors (Lipinski definition) is 1. The molecule has 1 amide bonds. The van der Waals surface area contributed by atoms with Gasteiger partial charge in [-0.15, -0.1) is 0 Å². The molecule has 0 saturated carbocycles. The van der Waals surface area contributed by atoms with Crippen LogP contribution in [0.5, 0.6) is 5.75 Å². The van der Waals surface area contributed by atoms with E-state index in [0.717, 1.165) is 0 Å². The minimum atomic E-state index is -0.937. The Morgan fingerprint density at radius 3 is 2.55 bits per heavy atom. The summed E-state index contributed by atoms with van der Waals surface area (Å²) in [5.74, 6) is -0.477. The monoisotopic (exact) mass is 463 g/mol. The molecule has 0 saturated heterocycles. The quantitative estimate of drug-likeness (QED) is 0.368. The Balaban J connectivity index is 1.55. The third-order valence-electron chi connectivity index (χ3n) is 5.95. The number of Topliss-reactive ketones (excluding diaryl/α,β-unsaturated/α-hetero) is 1. The highest BCUT2D eigenvalue weighted by Gasteiger charge is 2.40. The first kappa shape index (κ1) is 21.2. The highest BCUT2D eigenvalue weighted by molar-refractivity contribution is 6.34. The Bertz CT molecular complexity index is 1430. The first-order valence-corrected chi connectivity index (χ1v) is 10.7. The molecule has 1 aliphatic rings. The second kappa shape index (κ2) is 7.74. The lowest BCUT2D eigenvalue weighted by atomic mass is 9.84. The predicted molar refractivity (Wildman–Crippen MR) is 124 cm³/mol. The maximum absolute atomic E-state index is 13.4. The van der Waals surface area contributed by atoms with Gasteiger partial charge in [0.2, 0.25) is 0 Å². The van der Waals surface area contributed by atoms with Crippen molar-refractivity contribution in [2.24, 2.45) is 0 Å². The van der Waals surface area contributed by atoms with Gasteiger partial charge < -0.3 is 14.5 Å². The van der Waals surface area contributed by atoms with E-state index >= 15 is 0 Å². The Kier molecular flexibility index (Phi) is 4.98. The van der Waals surface area contributed by atoms with Gasteiger partial charge in [0, 0.05) is 10.9 Å². The Morgan fingerprint density at radius 1 is 1.09 bits per heavy atom. The lowest BCUT2D eigenvalue weighted by molar-refractivity contribution is 0.0507. The largest absolute Gasteiger partial charge is 0.482 e. The molecular weight excluding hydrogens is 445 g/mol. The summed E-state index contributed by atoms with van der Waals surface area (Å²) in [6, 6.07) is 16.2. The maximum Gasteiger partial charge on any atom is 0.291 e. The van der Waals surface area contributed by atoms with Crippen molar-refractivity contribution in [3.8, 4) is 5.75 Å². The van der Waals surface area contributed by atoms with E-state index < -0.39 is 11.5 Å². The van der Waals surface area contributed by atoms with E-state index in [1.807, 2.05) is 0 Å².